The standard InChI is InChI=1S/C16H15N5O/c1-2-7-17-12(5-1)14-11-15(22-20-14)13-6-8-18-16(19-13)21-9-3-4-10-21/h1-2,5-8,11H,3-4,9-10H2. The zero-order valence-electron chi connectivity index (χ0n) is 12.0. The van der Waals surface area contributed by atoms with Gasteiger partial charge in [-0.2, -0.15) is 0 Å². The molecule has 22 heavy (non-hydrogen) atoms. The third-order valence-corrected chi connectivity index (χ3v) is 3.72. The molecule has 0 N–H and O–H groups in total. The van der Waals surface area contributed by atoms with Crippen LogP contribution in [0.2, 0.25) is 0 Å². The van der Waals surface area contributed by atoms with Gasteiger partial charge in [-0.15, -0.1) is 0 Å². The molecule has 0 aliphatic carbocycles. The lowest BCUT2D eigenvalue weighted by Crippen LogP contribution is -2.20. The summed E-state index contributed by atoms with van der Waals surface area (Å²) >= 11 is 0. The Balaban J connectivity index is 1.65. The lowest BCUT2D eigenvalue weighted by molar-refractivity contribution is 0.433. The molecule has 1 saturated heterocycles. The topological polar surface area (TPSA) is 67.9 Å². The fourth-order valence-electron chi connectivity index (χ4n) is 2.59. The molecule has 6 nitrogen and oxygen atoms in total. The fraction of sp³-hybridized carbons (Fsp3) is 0.250. The van der Waals surface area contributed by atoms with E-state index in [-0.39, 0.29) is 0 Å². The van der Waals surface area contributed by atoms with Gasteiger partial charge in [-0.1, -0.05) is 11.2 Å². The van der Waals surface area contributed by atoms with Crippen molar-refractivity contribution >= 4 is 5.95 Å². The van der Waals surface area contributed by atoms with E-state index in [1.54, 1.807) is 12.4 Å². The van der Waals surface area contributed by atoms with Crippen molar-refractivity contribution in [1.82, 2.24) is 20.1 Å². The predicted octanol–water partition coefficient (Wildman–Crippen LogP) is 2.79. The van der Waals surface area contributed by atoms with Crippen LogP contribution in [0, 0.1) is 0 Å². The van der Waals surface area contributed by atoms with Gasteiger partial charge in [-0.05, 0) is 31.0 Å². The van der Waals surface area contributed by atoms with Crippen LogP contribution < -0.4 is 4.90 Å². The van der Waals surface area contributed by atoms with Gasteiger partial charge in [0.2, 0.25) is 5.95 Å². The molecule has 1 aliphatic heterocycles. The SMILES string of the molecule is c1ccc(-c2cc(-c3ccnc(N4CCCC4)n3)on2)nc1. The molecule has 3 aromatic heterocycles. The van der Waals surface area contributed by atoms with Gasteiger partial charge < -0.3 is 9.42 Å². The molecule has 6 heteroatoms. The van der Waals surface area contributed by atoms with E-state index in [9.17, 15) is 0 Å². The second-order valence-electron chi connectivity index (χ2n) is 5.23. The second kappa shape index (κ2) is 5.55. The average molecular weight is 293 g/mol. The highest BCUT2D eigenvalue weighted by atomic mass is 16.5. The first kappa shape index (κ1) is 12.9. The van der Waals surface area contributed by atoms with Crippen molar-refractivity contribution in [3.63, 3.8) is 0 Å². The minimum absolute atomic E-state index is 0.628. The maximum atomic E-state index is 5.42. The number of anilines is 1. The molecule has 4 heterocycles. The van der Waals surface area contributed by atoms with Crippen molar-refractivity contribution in [3.8, 4) is 22.8 Å². The summed E-state index contributed by atoms with van der Waals surface area (Å²) < 4.78 is 5.42. The molecule has 110 valence electrons. The molecule has 4 rings (SSSR count). The summed E-state index contributed by atoms with van der Waals surface area (Å²) in [7, 11) is 0. The van der Waals surface area contributed by atoms with E-state index in [1.807, 2.05) is 30.3 Å². The molecule has 0 saturated carbocycles. The number of hydrogen-bond acceptors (Lipinski definition) is 6. The van der Waals surface area contributed by atoms with Crippen LogP contribution in [0.4, 0.5) is 5.95 Å². The van der Waals surface area contributed by atoms with Crippen LogP contribution in [0.1, 0.15) is 12.8 Å². The summed E-state index contributed by atoms with van der Waals surface area (Å²) in [6.45, 7) is 2.03. The van der Waals surface area contributed by atoms with Gasteiger partial charge in [0.25, 0.3) is 0 Å². The summed E-state index contributed by atoms with van der Waals surface area (Å²) in [5.41, 5.74) is 2.23. The number of rotatable bonds is 3. The van der Waals surface area contributed by atoms with Gasteiger partial charge >= 0.3 is 0 Å². The van der Waals surface area contributed by atoms with Gasteiger partial charge in [0.05, 0.1) is 5.69 Å². The van der Waals surface area contributed by atoms with E-state index in [0.717, 1.165) is 30.4 Å². The average Bonchev–Trinajstić information content (AvgIpc) is 3.28. The predicted molar refractivity (Wildman–Crippen MR) is 82.2 cm³/mol. The Morgan fingerprint density at radius 2 is 1.82 bits per heavy atom. The molecule has 3 aromatic rings. The van der Waals surface area contributed by atoms with Crippen molar-refractivity contribution in [3.05, 3.63) is 42.7 Å². The molecule has 1 fully saturated rings. The van der Waals surface area contributed by atoms with Crippen molar-refractivity contribution in [2.24, 2.45) is 0 Å². The van der Waals surface area contributed by atoms with Crippen LogP contribution in [0.15, 0.2) is 47.2 Å². The van der Waals surface area contributed by atoms with E-state index in [2.05, 4.69) is 25.0 Å². The summed E-state index contributed by atoms with van der Waals surface area (Å²) in [4.78, 5) is 15.4. The molecule has 0 bridgehead atoms. The summed E-state index contributed by atoms with van der Waals surface area (Å²) in [6.07, 6.45) is 5.89. The molecule has 0 atom stereocenters. The van der Waals surface area contributed by atoms with Gasteiger partial charge in [-0.3, -0.25) is 4.98 Å². The molecular formula is C16H15N5O. The Kier molecular flexibility index (Phi) is 3.27. The Morgan fingerprint density at radius 3 is 2.64 bits per heavy atom. The Hall–Kier alpha value is -2.76. The molecule has 0 unspecified atom stereocenters. The van der Waals surface area contributed by atoms with Gasteiger partial charge in [-0.25, -0.2) is 9.97 Å². The first-order chi connectivity index (χ1) is 10.9. The molecular weight excluding hydrogens is 278 g/mol. The Morgan fingerprint density at radius 1 is 0.909 bits per heavy atom. The zero-order chi connectivity index (χ0) is 14.8. The van der Waals surface area contributed by atoms with Crippen molar-refractivity contribution in [2.75, 3.05) is 18.0 Å². The van der Waals surface area contributed by atoms with Crippen molar-refractivity contribution in [1.29, 1.82) is 0 Å². The summed E-state index contributed by atoms with van der Waals surface area (Å²) in [6, 6.07) is 9.39. The number of hydrogen-bond donors (Lipinski definition) is 0. The van der Waals surface area contributed by atoms with Crippen LogP contribution in [0.3, 0.4) is 0 Å². The summed E-state index contributed by atoms with van der Waals surface area (Å²) in [5, 5.41) is 4.08. The smallest absolute Gasteiger partial charge is 0.225 e. The molecule has 0 aromatic carbocycles. The number of nitrogens with zero attached hydrogens (tertiary/aromatic N) is 5. The van der Waals surface area contributed by atoms with Crippen LogP contribution >= 0.6 is 0 Å². The van der Waals surface area contributed by atoms with Crippen LogP contribution in [-0.4, -0.2) is 33.2 Å². The van der Waals surface area contributed by atoms with Crippen molar-refractivity contribution in [2.45, 2.75) is 12.8 Å². The minimum Gasteiger partial charge on any atom is -0.354 e. The highest BCUT2D eigenvalue weighted by molar-refractivity contribution is 5.62. The van der Waals surface area contributed by atoms with E-state index in [0.29, 0.717) is 11.5 Å². The van der Waals surface area contributed by atoms with Gasteiger partial charge in [0.15, 0.2) is 5.76 Å². The third-order valence-electron chi connectivity index (χ3n) is 3.72. The number of aromatic nitrogens is 4. The van der Waals surface area contributed by atoms with Crippen LogP contribution in [0.25, 0.3) is 22.8 Å². The largest absolute Gasteiger partial charge is 0.354 e. The quantitative estimate of drug-likeness (QED) is 0.739. The van der Waals surface area contributed by atoms with E-state index >= 15 is 0 Å². The summed E-state index contributed by atoms with van der Waals surface area (Å²) in [5.74, 6) is 1.38. The molecule has 1 aliphatic rings. The first-order valence-electron chi connectivity index (χ1n) is 7.37. The van der Waals surface area contributed by atoms with Crippen molar-refractivity contribution < 1.29 is 4.52 Å². The zero-order valence-corrected chi connectivity index (χ0v) is 12.0. The van der Waals surface area contributed by atoms with Crippen LogP contribution in [0.5, 0.6) is 0 Å². The van der Waals surface area contributed by atoms with Gasteiger partial charge in [0.1, 0.15) is 11.4 Å². The van der Waals surface area contributed by atoms with E-state index < -0.39 is 0 Å². The highest BCUT2D eigenvalue weighted by Crippen LogP contribution is 2.25. The van der Waals surface area contributed by atoms with E-state index in [4.69, 9.17) is 4.52 Å². The minimum atomic E-state index is 0.628. The molecule has 0 amide bonds. The fourth-order valence-corrected chi connectivity index (χ4v) is 2.59. The second-order valence-corrected chi connectivity index (χ2v) is 5.23. The first-order valence-corrected chi connectivity index (χ1v) is 7.37. The number of pyridine rings is 1. The lowest BCUT2D eigenvalue weighted by Gasteiger charge is -2.14. The van der Waals surface area contributed by atoms with Gasteiger partial charge in [0, 0.05) is 31.5 Å². The van der Waals surface area contributed by atoms with E-state index in [1.165, 1.54) is 12.8 Å². The molecule has 0 spiro atoms. The highest BCUT2D eigenvalue weighted by Gasteiger charge is 2.17. The maximum Gasteiger partial charge on any atom is 0.225 e. The maximum absolute atomic E-state index is 5.42. The lowest BCUT2D eigenvalue weighted by atomic mass is 10.2. The third kappa shape index (κ3) is 2.43. The molecule has 0 radical (unpaired) electrons. The Labute approximate surface area is 127 Å². The Bertz CT molecular complexity index is 765. The monoisotopic (exact) mass is 293 g/mol. The van der Waals surface area contributed by atoms with Crippen LogP contribution in [-0.2, 0) is 0 Å². The normalized spacial score (nSPS) is 14.5.